The first kappa shape index (κ1) is 23.1. The first-order valence-electron chi connectivity index (χ1n) is 11.0. The molecule has 1 aromatic rings. The largest absolute Gasteiger partial charge is 0.416 e. The molecule has 0 bridgehead atoms. The molecule has 1 aliphatic carbocycles. The Labute approximate surface area is 188 Å². The maximum absolute atomic E-state index is 13.2. The predicted molar refractivity (Wildman–Crippen MR) is 110 cm³/mol. The molecule has 3 aliphatic rings. The van der Waals surface area contributed by atoms with E-state index in [1.165, 1.54) is 12.1 Å². The lowest BCUT2D eigenvalue weighted by Crippen LogP contribution is -2.51. The molecule has 178 valence electrons. The van der Waals surface area contributed by atoms with E-state index in [-0.39, 0.29) is 23.9 Å². The maximum Gasteiger partial charge on any atom is 0.416 e. The Balaban J connectivity index is 1.48. The summed E-state index contributed by atoms with van der Waals surface area (Å²) in [7, 11) is 0. The lowest BCUT2D eigenvalue weighted by atomic mass is 9.76. The average Bonchev–Trinajstić information content (AvgIpc) is 3.29. The molecule has 1 saturated carbocycles. The van der Waals surface area contributed by atoms with Crippen LogP contribution in [-0.2, 0) is 20.6 Å². The SMILES string of the molecule is O=C1NC(=O)C2(CCC(C(=O)NC(CN3CCCC3=O)c3cccc(C(F)(F)F)c3)CC2)N1. The van der Waals surface area contributed by atoms with E-state index in [1.54, 1.807) is 4.90 Å². The minimum absolute atomic E-state index is 0.0843. The molecule has 11 heteroatoms. The number of hydrogen-bond donors (Lipinski definition) is 3. The van der Waals surface area contributed by atoms with Gasteiger partial charge in [0.15, 0.2) is 0 Å². The van der Waals surface area contributed by atoms with Gasteiger partial charge in [0.1, 0.15) is 5.54 Å². The summed E-state index contributed by atoms with van der Waals surface area (Å²) in [6.07, 6.45) is -2.21. The fraction of sp³-hybridized carbons (Fsp3) is 0.545. The van der Waals surface area contributed by atoms with Crippen LogP contribution in [0.5, 0.6) is 0 Å². The number of carbonyl (C=O) groups is 4. The van der Waals surface area contributed by atoms with Crippen LogP contribution < -0.4 is 16.0 Å². The summed E-state index contributed by atoms with van der Waals surface area (Å²) in [6.45, 7) is 0.575. The van der Waals surface area contributed by atoms with E-state index >= 15 is 0 Å². The van der Waals surface area contributed by atoms with E-state index in [4.69, 9.17) is 0 Å². The molecule has 3 fully saturated rings. The summed E-state index contributed by atoms with van der Waals surface area (Å²) in [4.78, 5) is 50.3. The van der Waals surface area contributed by atoms with Crippen LogP contribution in [0.25, 0.3) is 0 Å². The number of alkyl halides is 3. The van der Waals surface area contributed by atoms with Crippen molar-refractivity contribution < 1.29 is 32.3 Å². The lowest BCUT2D eigenvalue weighted by Gasteiger charge is -2.35. The van der Waals surface area contributed by atoms with Gasteiger partial charge in [-0.25, -0.2) is 4.79 Å². The molecule has 3 N–H and O–H groups in total. The Morgan fingerprint density at radius 1 is 1.21 bits per heavy atom. The minimum Gasteiger partial charge on any atom is -0.347 e. The summed E-state index contributed by atoms with van der Waals surface area (Å²) < 4.78 is 39.7. The number of rotatable bonds is 5. The van der Waals surface area contributed by atoms with E-state index in [9.17, 15) is 32.3 Å². The average molecular weight is 466 g/mol. The summed E-state index contributed by atoms with van der Waals surface area (Å²) >= 11 is 0. The lowest BCUT2D eigenvalue weighted by molar-refractivity contribution is -0.137. The molecule has 0 radical (unpaired) electrons. The van der Waals surface area contributed by atoms with Gasteiger partial charge in [-0.2, -0.15) is 13.2 Å². The standard InChI is InChI=1S/C22H25F3N4O4/c23-22(24,25)15-4-1-3-14(11-15)16(12-29-10-2-5-17(29)30)26-18(31)13-6-8-21(9-7-13)19(32)27-20(33)28-21/h1,3-4,11,13,16H,2,5-10,12H2,(H,26,31)(H2,27,28,32,33). The van der Waals surface area contributed by atoms with E-state index in [2.05, 4.69) is 16.0 Å². The van der Waals surface area contributed by atoms with Crippen molar-refractivity contribution in [3.63, 3.8) is 0 Å². The van der Waals surface area contributed by atoms with E-state index in [1.807, 2.05) is 0 Å². The van der Waals surface area contributed by atoms with Crippen LogP contribution in [0.2, 0.25) is 0 Å². The fourth-order valence-electron chi connectivity index (χ4n) is 4.83. The highest BCUT2D eigenvalue weighted by atomic mass is 19.4. The number of nitrogens with zero attached hydrogens (tertiary/aromatic N) is 1. The van der Waals surface area contributed by atoms with Crippen LogP contribution in [0.3, 0.4) is 0 Å². The molecular formula is C22H25F3N4O4. The van der Waals surface area contributed by atoms with Gasteiger partial charge in [0.2, 0.25) is 11.8 Å². The van der Waals surface area contributed by atoms with Gasteiger partial charge in [-0.15, -0.1) is 0 Å². The summed E-state index contributed by atoms with van der Waals surface area (Å²) in [5.74, 6) is -1.29. The number of halogens is 3. The van der Waals surface area contributed by atoms with Gasteiger partial charge in [-0.05, 0) is 49.8 Å². The number of imide groups is 1. The third-order valence-corrected chi connectivity index (χ3v) is 6.73. The predicted octanol–water partition coefficient (Wildman–Crippen LogP) is 2.25. The zero-order chi connectivity index (χ0) is 23.8. The van der Waals surface area contributed by atoms with Crippen molar-refractivity contribution in [2.45, 2.75) is 56.3 Å². The van der Waals surface area contributed by atoms with Crippen molar-refractivity contribution >= 4 is 23.8 Å². The zero-order valence-corrected chi connectivity index (χ0v) is 17.8. The van der Waals surface area contributed by atoms with E-state index in [0.29, 0.717) is 45.1 Å². The molecular weight excluding hydrogens is 441 g/mol. The second kappa shape index (κ2) is 8.68. The van der Waals surface area contributed by atoms with Crippen molar-refractivity contribution in [2.75, 3.05) is 13.1 Å². The van der Waals surface area contributed by atoms with Crippen LogP contribution in [0, 0.1) is 5.92 Å². The number of benzene rings is 1. The highest BCUT2D eigenvalue weighted by Crippen LogP contribution is 2.35. The highest BCUT2D eigenvalue weighted by molar-refractivity contribution is 6.07. The molecule has 2 aliphatic heterocycles. The molecule has 0 aromatic heterocycles. The van der Waals surface area contributed by atoms with Crippen molar-refractivity contribution in [1.82, 2.24) is 20.9 Å². The van der Waals surface area contributed by atoms with Crippen LogP contribution in [0.4, 0.5) is 18.0 Å². The molecule has 1 unspecified atom stereocenters. The van der Waals surface area contributed by atoms with Crippen molar-refractivity contribution in [2.24, 2.45) is 5.92 Å². The van der Waals surface area contributed by atoms with E-state index in [0.717, 1.165) is 12.1 Å². The molecule has 4 rings (SSSR count). The van der Waals surface area contributed by atoms with Crippen molar-refractivity contribution in [3.8, 4) is 0 Å². The molecule has 8 nitrogen and oxygen atoms in total. The second-order valence-electron chi connectivity index (χ2n) is 8.89. The summed E-state index contributed by atoms with van der Waals surface area (Å²) in [5.41, 5.74) is -1.56. The molecule has 2 heterocycles. The van der Waals surface area contributed by atoms with E-state index < -0.39 is 41.2 Å². The van der Waals surface area contributed by atoms with Crippen LogP contribution in [0.15, 0.2) is 24.3 Å². The van der Waals surface area contributed by atoms with Gasteiger partial charge in [0.05, 0.1) is 11.6 Å². The fourth-order valence-corrected chi connectivity index (χ4v) is 4.83. The van der Waals surface area contributed by atoms with Gasteiger partial charge in [0, 0.05) is 25.4 Å². The summed E-state index contributed by atoms with van der Waals surface area (Å²) in [5, 5.41) is 7.69. The van der Waals surface area contributed by atoms with Crippen LogP contribution >= 0.6 is 0 Å². The minimum atomic E-state index is -4.53. The van der Waals surface area contributed by atoms with Gasteiger partial charge >= 0.3 is 12.2 Å². The van der Waals surface area contributed by atoms with Gasteiger partial charge in [-0.3, -0.25) is 19.7 Å². The monoisotopic (exact) mass is 466 g/mol. The van der Waals surface area contributed by atoms with Crippen LogP contribution in [0.1, 0.15) is 55.7 Å². The first-order valence-corrected chi connectivity index (χ1v) is 11.0. The molecule has 33 heavy (non-hydrogen) atoms. The Hall–Kier alpha value is -3.11. The number of likely N-dealkylation sites (tertiary alicyclic amines) is 1. The Bertz CT molecular complexity index is 973. The zero-order valence-electron chi connectivity index (χ0n) is 17.8. The summed E-state index contributed by atoms with van der Waals surface area (Å²) in [6, 6.07) is 3.41. The molecule has 5 amide bonds. The van der Waals surface area contributed by atoms with Crippen molar-refractivity contribution in [1.29, 1.82) is 0 Å². The van der Waals surface area contributed by atoms with Crippen LogP contribution in [-0.4, -0.2) is 47.3 Å². The quantitative estimate of drug-likeness (QED) is 0.579. The Morgan fingerprint density at radius 3 is 2.52 bits per heavy atom. The highest BCUT2D eigenvalue weighted by Gasteiger charge is 2.49. The molecule has 2 saturated heterocycles. The number of amides is 5. The third kappa shape index (κ3) is 4.81. The number of hydrogen-bond acceptors (Lipinski definition) is 4. The maximum atomic E-state index is 13.2. The molecule has 1 aromatic carbocycles. The van der Waals surface area contributed by atoms with Gasteiger partial charge in [-0.1, -0.05) is 12.1 Å². The number of urea groups is 1. The smallest absolute Gasteiger partial charge is 0.347 e. The third-order valence-electron chi connectivity index (χ3n) is 6.73. The first-order chi connectivity index (χ1) is 15.6. The van der Waals surface area contributed by atoms with Gasteiger partial charge in [0.25, 0.3) is 5.91 Å². The molecule has 1 atom stereocenters. The van der Waals surface area contributed by atoms with Crippen molar-refractivity contribution in [3.05, 3.63) is 35.4 Å². The topological polar surface area (TPSA) is 108 Å². The Kier molecular flexibility index (Phi) is 6.06. The van der Waals surface area contributed by atoms with Gasteiger partial charge < -0.3 is 15.5 Å². The number of nitrogens with one attached hydrogen (secondary N) is 3. The normalized spacial score (nSPS) is 26.3. The molecule has 1 spiro atoms. The second-order valence-corrected chi connectivity index (χ2v) is 8.89. The number of carbonyl (C=O) groups excluding carboxylic acids is 4. The Morgan fingerprint density at radius 2 is 1.94 bits per heavy atom.